The molecule has 2 aliphatic heterocycles. The standard InChI is InChI=1S/C36H34N3/c1-35(2)29-20-19-27-14-9-10-15-28(27)34(29)39(5)32(35)16-11-17-33-36(3,23-25-12-7-6-8-13-25)30-22-26(24-37)18-21-31(30)38(33)4/h6-22H,23H2,1-5H3/q+1. The second kappa shape index (κ2) is 9.10. The van der Waals surface area contributed by atoms with Crippen molar-refractivity contribution >= 4 is 27.9 Å². The molecule has 2 heterocycles. The maximum atomic E-state index is 9.64. The van der Waals surface area contributed by atoms with E-state index >= 15 is 0 Å². The molecule has 3 nitrogen and oxygen atoms in total. The van der Waals surface area contributed by atoms with Crippen molar-refractivity contribution in [3.05, 3.63) is 131 Å². The van der Waals surface area contributed by atoms with Gasteiger partial charge in [-0.2, -0.15) is 9.84 Å². The third-order valence-electron chi connectivity index (χ3n) is 8.83. The van der Waals surface area contributed by atoms with Crippen LogP contribution in [0.5, 0.6) is 0 Å². The van der Waals surface area contributed by atoms with Crippen LogP contribution >= 0.6 is 0 Å². The van der Waals surface area contributed by atoms with Crippen LogP contribution in [0.15, 0.2) is 109 Å². The van der Waals surface area contributed by atoms with E-state index in [-0.39, 0.29) is 10.8 Å². The number of rotatable bonds is 4. The van der Waals surface area contributed by atoms with Gasteiger partial charge < -0.3 is 4.90 Å². The molecular formula is C36H34N3+. The van der Waals surface area contributed by atoms with E-state index in [4.69, 9.17) is 0 Å². The van der Waals surface area contributed by atoms with Crippen LogP contribution in [0.3, 0.4) is 0 Å². The predicted octanol–water partition coefficient (Wildman–Crippen LogP) is 7.81. The molecule has 192 valence electrons. The molecule has 0 aromatic heterocycles. The van der Waals surface area contributed by atoms with E-state index in [0.29, 0.717) is 5.56 Å². The van der Waals surface area contributed by atoms with Crippen molar-refractivity contribution < 1.29 is 4.58 Å². The molecular weight excluding hydrogens is 474 g/mol. The third-order valence-corrected chi connectivity index (χ3v) is 8.83. The molecule has 0 N–H and O–H groups in total. The van der Waals surface area contributed by atoms with E-state index in [9.17, 15) is 5.26 Å². The van der Waals surface area contributed by atoms with Gasteiger partial charge in [0.05, 0.1) is 22.4 Å². The van der Waals surface area contributed by atoms with Crippen molar-refractivity contribution in [2.24, 2.45) is 0 Å². The molecule has 0 saturated heterocycles. The summed E-state index contributed by atoms with van der Waals surface area (Å²) in [5.74, 6) is 0. The van der Waals surface area contributed by atoms with Crippen molar-refractivity contribution in [3.8, 4) is 6.07 Å². The van der Waals surface area contributed by atoms with E-state index < -0.39 is 0 Å². The average Bonchev–Trinajstić information content (AvgIpc) is 3.27. The van der Waals surface area contributed by atoms with E-state index in [1.807, 2.05) is 6.07 Å². The molecule has 0 bridgehead atoms. The fourth-order valence-electron chi connectivity index (χ4n) is 6.81. The first-order valence-electron chi connectivity index (χ1n) is 13.6. The lowest BCUT2D eigenvalue weighted by Gasteiger charge is -2.29. The van der Waals surface area contributed by atoms with Crippen LogP contribution in [0.25, 0.3) is 10.8 Å². The van der Waals surface area contributed by atoms with Gasteiger partial charge in [0.1, 0.15) is 7.05 Å². The smallest absolute Gasteiger partial charge is 0.217 e. The van der Waals surface area contributed by atoms with E-state index in [0.717, 1.165) is 12.1 Å². The first kappa shape index (κ1) is 24.9. The van der Waals surface area contributed by atoms with E-state index in [2.05, 4.69) is 148 Å². The minimum Gasteiger partial charge on any atom is -0.347 e. The fourth-order valence-corrected chi connectivity index (χ4v) is 6.81. The van der Waals surface area contributed by atoms with Gasteiger partial charge in [-0.05, 0) is 74.0 Å². The lowest BCUT2D eigenvalue weighted by molar-refractivity contribution is -0.399. The van der Waals surface area contributed by atoms with Crippen LogP contribution in [0.2, 0.25) is 0 Å². The Bertz CT molecular complexity index is 1750. The van der Waals surface area contributed by atoms with Crippen LogP contribution < -0.4 is 4.90 Å². The number of hydrogen-bond donors (Lipinski definition) is 0. The molecule has 1 atom stereocenters. The predicted molar refractivity (Wildman–Crippen MR) is 162 cm³/mol. The molecule has 0 aliphatic carbocycles. The molecule has 0 fully saturated rings. The highest BCUT2D eigenvalue weighted by molar-refractivity contribution is 6.07. The zero-order valence-corrected chi connectivity index (χ0v) is 23.4. The zero-order chi connectivity index (χ0) is 27.4. The Morgan fingerprint density at radius 2 is 1.64 bits per heavy atom. The Kier molecular flexibility index (Phi) is 5.81. The second-order valence-electron chi connectivity index (χ2n) is 11.6. The first-order valence-corrected chi connectivity index (χ1v) is 13.6. The maximum absolute atomic E-state index is 9.64. The molecule has 0 amide bonds. The molecule has 39 heavy (non-hydrogen) atoms. The van der Waals surface area contributed by atoms with Gasteiger partial charge in [0, 0.05) is 35.5 Å². The Labute approximate surface area is 231 Å². The van der Waals surface area contributed by atoms with Crippen molar-refractivity contribution in [1.82, 2.24) is 0 Å². The summed E-state index contributed by atoms with van der Waals surface area (Å²) in [4.78, 5) is 2.29. The Balaban J connectivity index is 1.44. The number of allylic oxidation sites excluding steroid dienone is 4. The molecule has 6 rings (SSSR count). The molecule has 2 aliphatic rings. The highest BCUT2D eigenvalue weighted by Crippen LogP contribution is 2.49. The second-order valence-corrected chi connectivity index (χ2v) is 11.6. The van der Waals surface area contributed by atoms with Crippen LogP contribution in [0, 0.1) is 11.3 Å². The number of nitriles is 1. The highest BCUT2D eigenvalue weighted by Gasteiger charge is 2.44. The third kappa shape index (κ3) is 3.82. The highest BCUT2D eigenvalue weighted by atomic mass is 15.2. The summed E-state index contributed by atoms with van der Waals surface area (Å²) in [5.41, 5.74) is 9.16. The van der Waals surface area contributed by atoms with Crippen LogP contribution in [-0.2, 0) is 17.3 Å². The molecule has 3 heteroatoms. The van der Waals surface area contributed by atoms with Gasteiger partial charge >= 0.3 is 0 Å². The van der Waals surface area contributed by atoms with Crippen molar-refractivity contribution in [3.63, 3.8) is 0 Å². The van der Waals surface area contributed by atoms with Gasteiger partial charge in [-0.1, -0.05) is 66.7 Å². The van der Waals surface area contributed by atoms with Gasteiger partial charge in [0.25, 0.3) is 0 Å². The number of benzene rings is 4. The summed E-state index contributed by atoms with van der Waals surface area (Å²) < 4.78 is 2.36. The normalized spacial score (nSPS) is 20.6. The van der Waals surface area contributed by atoms with Crippen LogP contribution in [0.1, 0.15) is 43.0 Å². The summed E-state index contributed by atoms with van der Waals surface area (Å²) in [6, 6.07) is 32.3. The number of fused-ring (bicyclic) bond motifs is 4. The van der Waals surface area contributed by atoms with Gasteiger partial charge in [0.2, 0.25) is 5.69 Å². The van der Waals surface area contributed by atoms with Crippen molar-refractivity contribution in [2.45, 2.75) is 38.0 Å². The lowest BCUT2D eigenvalue weighted by Crippen LogP contribution is -2.29. The minimum atomic E-state index is -0.260. The summed E-state index contributed by atoms with van der Waals surface area (Å²) >= 11 is 0. The number of nitrogens with zero attached hydrogens (tertiary/aromatic N) is 3. The van der Waals surface area contributed by atoms with Crippen molar-refractivity contribution in [2.75, 3.05) is 19.0 Å². The van der Waals surface area contributed by atoms with Crippen LogP contribution in [-0.4, -0.2) is 24.4 Å². The lowest BCUT2D eigenvalue weighted by atomic mass is 9.76. The molecule has 4 aromatic carbocycles. The van der Waals surface area contributed by atoms with Gasteiger partial charge in [0.15, 0.2) is 5.71 Å². The molecule has 1 unspecified atom stereocenters. The van der Waals surface area contributed by atoms with Crippen molar-refractivity contribution in [1.29, 1.82) is 5.26 Å². The molecule has 0 saturated carbocycles. The Morgan fingerprint density at radius 3 is 2.41 bits per heavy atom. The maximum Gasteiger partial charge on any atom is 0.217 e. The topological polar surface area (TPSA) is 30.0 Å². The molecule has 4 aromatic rings. The number of hydrogen-bond acceptors (Lipinski definition) is 2. The molecule has 0 radical (unpaired) electrons. The molecule has 0 spiro atoms. The number of anilines is 1. The zero-order valence-electron chi connectivity index (χ0n) is 23.4. The SMILES string of the molecule is CN1C(=CC=CC2=[N+](C)c3c(ccc4ccccc34)C2(C)C)C(C)(Cc2ccccc2)c2cc(C#N)ccc21. The quantitative estimate of drug-likeness (QED) is 0.263. The minimum absolute atomic E-state index is 0.108. The van der Waals surface area contributed by atoms with Gasteiger partial charge in [-0.3, -0.25) is 0 Å². The fraction of sp³-hybridized carbons (Fsp3) is 0.222. The monoisotopic (exact) mass is 508 g/mol. The summed E-state index contributed by atoms with van der Waals surface area (Å²) in [6.45, 7) is 6.94. The van der Waals surface area contributed by atoms with E-state index in [1.165, 1.54) is 44.6 Å². The summed E-state index contributed by atoms with van der Waals surface area (Å²) in [6.07, 6.45) is 7.63. The largest absolute Gasteiger partial charge is 0.347 e. The van der Waals surface area contributed by atoms with Gasteiger partial charge in [-0.25, -0.2) is 0 Å². The number of likely N-dealkylation sites (N-methyl/N-ethyl adjacent to an activating group) is 1. The Hall–Kier alpha value is -4.42. The average molecular weight is 509 g/mol. The van der Waals surface area contributed by atoms with Crippen LogP contribution in [0.4, 0.5) is 11.4 Å². The Morgan fingerprint density at radius 1 is 0.897 bits per heavy atom. The first-order chi connectivity index (χ1) is 18.8. The summed E-state index contributed by atoms with van der Waals surface area (Å²) in [5, 5.41) is 12.2. The van der Waals surface area contributed by atoms with E-state index in [1.54, 1.807) is 0 Å². The van der Waals surface area contributed by atoms with Gasteiger partial charge in [-0.15, -0.1) is 0 Å². The summed E-state index contributed by atoms with van der Waals surface area (Å²) in [7, 11) is 4.33.